The Kier molecular flexibility index (Phi) is 7.21. The van der Waals surface area contributed by atoms with E-state index in [0.29, 0.717) is 0 Å². The number of hydrogen-bond acceptors (Lipinski definition) is 1. The molecule has 0 heterocycles. The van der Waals surface area contributed by atoms with E-state index in [1.165, 1.54) is 88.4 Å². The van der Waals surface area contributed by atoms with Gasteiger partial charge in [0.05, 0.1) is 5.69 Å². The highest BCUT2D eigenvalue weighted by atomic mass is 15.1. The van der Waals surface area contributed by atoms with Crippen molar-refractivity contribution in [1.82, 2.24) is 0 Å². The summed E-state index contributed by atoms with van der Waals surface area (Å²) in [5, 5.41) is 5.10. The Morgan fingerprint density at radius 1 is 0.418 bits per heavy atom. The lowest BCUT2D eigenvalue weighted by Crippen LogP contribution is -2.18. The Balaban J connectivity index is 1.28. The van der Waals surface area contributed by atoms with Crippen molar-refractivity contribution in [2.75, 3.05) is 4.90 Å². The van der Waals surface area contributed by atoms with Crippen LogP contribution in [0.4, 0.5) is 17.1 Å². The van der Waals surface area contributed by atoms with Gasteiger partial charge >= 0.3 is 0 Å². The van der Waals surface area contributed by atoms with Crippen molar-refractivity contribution in [3.8, 4) is 33.4 Å². The first-order chi connectivity index (χ1) is 26.4. The van der Waals surface area contributed by atoms with Crippen molar-refractivity contribution >= 4 is 38.6 Å². The van der Waals surface area contributed by atoms with E-state index in [-0.39, 0.29) is 16.2 Å². The molecule has 268 valence electrons. The van der Waals surface area contributed by atoms with Gasteiger partial charge in [-0.25, -0.2) is 0 Å². The maximum Gasteiger partial charge on any atom is 0.0546 e. The summed E-state index contributed by atoms with van der Waals surface area (Å²) < 4.78 is 0. The molecule has 1 nitrogen and oxygen atoms in total. The summed E-state index contributed by atoms with van der Waals surface area (Å²) in [5.41, 5.74) is 18.1. The van der Waals surface area contributed by atoms with Crippen LogP contribution < -0.4 is 4.90 Å². The van der Waals surface area contributed by atoms with E-state index in [1.807, 2.05) is 0 Å². The molecule has 2 aliphatic carbocycles. The van der Waals surface area contributed by atoms with Gasteiger partial charge in [0.2, 0.25) is 0 Å². The van der Waals surface area contributed by atoms with Gasteiger partial charge in [0.15, 0.2) is 0 Å². The van der Waals surface area contributed by atoms with E-state index in [1.54, 1.807) is 0 Å². The zero-order valence-corrected chi connectivity index (χ0v) is 33.0. The van der Waals surface area contributed by atoms with Crippen molar-refractivity contribution in [3.05, 3.63) is 186 Å². The van der Waals surface area contributed by atoms with E-state index >= 15 is 0 Å². The van der Waals surface area contributed by atoms with Crippen LogP contribution in [0.3, 0.4) is 0 Å². The Bertz CT molecular complexity index is 2840. The van der Waals surface area contributed by atoms with E-state index < -0.39 is 0 Å². The number of hydrogen-bond donors (Lipinski definition) is 0. The Hall–Kier alpha value is -5.92. The monoisotopic (exact) mass is 709 g/mol. The van der Waals surface area contributed by atoms with Crippen LogP contribution in [0.15, 0.2) is 158 Å². The summed E-state index contributed by atoms with van der Waals surface area (Å²) in [6.45, 7) is 16.4. The van der Waals surface area contributed by atoms with Crippen molar-refractivity contribution in [2.24, 2.45) is 0 Å². The molecule has 0 radical (unpaired) electrons. The van der Waals surface area contributed by atoms with Gasteiger partial charge < -0.3 is 4.90 Å². The van der Waals surface area contributed by atoms with Gasteiger partial charge in [-0.15, -0.1) is 0 Å². The molecule has 0 aliphatic heterocycles. The summed E-state index contributed by atoms with van der Waals surface area (Å²) >= 11 is 0. The quantitative estimate of drug-likeness (QED) is 0.176. The summed E-state index contributed by atoms with van der Waals surface area (Å²) in [4.78, 5) is 2.53. The van der Waals surface area contributed by atoms with Gasteiger partial charge in [-0.2, -0.15) is 0 Å². The standard InChI is InChI=1S/C54H47N/c1-52(2,3)36-25-27-37(28-26-36)55(38-29-31-46-44(33-38)49-39-17-10-8-15-34(39)23-30-47(49)53(46,4)5)48-32-24-35-16-9-11-18-40(35)50(48)43-21-14-20-42-41-19-12-13-22-45(41)54(6,7)51(42)43/h8-33H,1-7H3. The fourth-order valence-corrected chi connectivity index (χ4v) is 9.97. The third-order valence-electron chi connectivity index (χ3n) is 12.8. The normalized spacial score (nSPS) is 14.7. The molecule has 8 aromatic carbocycles. The lowest BCUT2D eigenvalue weighted by Gasteiger charge is -2.32. The summed E-state index contributed by atoms with van der Waals surface area (Å²) in [5.74, 6) is 0. The molecule has 0 saturated carbocycles. The largest absolute Gasteiger partial charge is 0.310 e. The minimum absolute atomic E-state index is 0.0482. The van der Waals surface area contributed by atoms with Crippen LogP contribution in [0.5, 0.6) is 0 Å². The summed E-state index contributed by atoms with van der Waals surface area (Å²) in [6.07, 6.45) is 0. The average Bonchev–Trinajstić information content (AvgIpc) is 3.57. The lowest BCUT2D eigenvalue weighted by molar-refractivity contribution is 0.590. The molecule has 55 heavy (non-hydrogen) atoms. The van der Waals surface area contributed by atoms with Crippen LogP contribution in [-0.4, -0.2) is 0 Å². The highest BCUT2D eigenvalue weighted by Gasteiger charge is 2.39. The van der Waals surface area contributed by atoms with Crippen molar-refractivity contribution in [3.63, 3.8) is 0 Å². The number of anilines is 3. The molecular weight excluding hydrogens is 663 g/mol. The zero-order chi connectivity index (χ0) is 37.9. The summed E-state index contributed by atoms with van der Waals surface area (Å²) in [7, 11) is 0. The second-order valence-electron chi connectivity index (χ2n) is 17.8. The SMILES string of the molecule is CC(C)(C)c1ccc(N(c2ccc3c(c2)-c2c(ccc4ccccc24)C3(C)C)c2ccc3ccccc3c2-c2cccc3c2C(C)(C)c2ccccc2-3)cc1. The second kappa shape index (κ2) is 11.8. The van der Waals surface area contributed by atoms with Crippen molar-refractivity contribution < 1.29 is 0 Å². The molecule has 10 rings (SSSR count). The molecule has 0 bridgehead atoms. The van der Waals surface area contributed by atoms with Crippen molar-refractivity contribution in [2.45, 2.75) is 64.7 Å². The lowest BCUT2D eigenvalue weighted by atomic mass is 9.78. The van der Waals surface area contributed by atoms with Crippen LogP contribution in [-0.2, 0) is 16.2 Å². The van der Waals surface area contributed by atoms with Gasteiger partial charge in [0, 0.05) is 27.8 Å². The minimum Gasteiger partial charge on any atom is -0.310 e. The van der Waals surface area contributed by atoms with Crippen molar-refractivity contribution in [1.29, 1.82) is 0 Å². The van der Waals surface area contributed by atoms with Gasteiger partial charge in [-0.05, 0) is 113 Å². The topological polar surface area (TPSA) is 3.24 Å². The molecule has 0 N–H and O–H groups in total. The van der Waals surface area contributed by atoms with Crippen LogP contribution in [0.1, 0.15) is 76.3 Å². The Morgan fingerprint density at radius 3 is 1.71 bits per heavy atom. The first kappa shape index (κ1) is 33.6. The minimum atomic E-state index is -0.167. The van der Waals surface area contributed by atoms with Crippen LogP contribution in [0.25, 0.3) is 54.9 Å². The van der Waals surface area contributed by atoms with E-state index in [0.717, 1.165) is 11.4 Å². The van der Waals surface area contributed by atoms with Gasteiger partial charge in [0.25, 0.3) is 0 Å². The van der Waals surface area contributed by atoms with Gasteiger partial charge in [0.1, 0.15) is 0 Å². The zero-order valence-electron chi connectivity index (χ0n) is 33.0. The number of nitrogens with zero attached hydrogens (tertiary/aromatic N) is 1. The van der Waals surface area contributed by atoms with Crippen LogP contribution in [0.2, 0.25) is 0 Å². The molecule has 0 saturated heterocycles. The molecule has 0 aromatic heterocycles. The molecule has 0 amide bonds. The number of benzene rings is 8. The third kappa shape index (κ3) is 4.92. The van der Waals surface area contributed by atoms with E-state index in [4.69, 9.17) is 0 Å². The number of rotatable bonds is 4. The highest BCUT2D eigenvalue weighted by Crippen LogP contribution is 2.56. The predicted octanol–water partition coefficient (Wildman–Crippen LogP) is 15.0. The first-order valence-electron chi connectivity index (χ1n) is 19.8. The molecule has 8 aromatic rings. The molecule has 2 aliphatic rings. The fraction of sp³-hybridized carbons (Fsp3) is 0.185. The average molecular weight is 710 g/mol. The highest BCUT2D eigenvalue weighted by molar-refractivity contribution is 6.08. The third-order valence-corrected chi connectivity index (χ3v) is 12.8. The van der Waals surface area contributed by atoms with Crippen LogP contribution >= 0.6 is 0 Å². The Morgan fingerprint density at radius 2 is 0.982 bits per heavy atom. The summed E-state index contributed by atoms with van der Waals surface area (Å²) in [6, 6.07) is 59.6. The smallest absolute Gasteiger partial charge is 0.0546 e. The first-order valence-corrected chi connectivity index (χ1v) is 19.8. The molecule has 0 spiro atoms. The van der Waals surface area contributed by atoms with Crippen LogP contribution in [0, 0.1) is 0 Å². The molecule has 0 atom stereocenters. The molecule has 0 unspecified atom stereocenters. The van der Waals surface area contributed by atoms with E-state index in [9.17, 15) is 0 Å². The van der Waals surface area contributed by atoms with Gasteiger partial charge in [-0.3, -0.25) is 0 Å². The number of fused-ring (bicyclic) bond motifs is 9. The maximum atomic E-state index is 2.53. The predicted molar refractivity (Wildman–Crippen MR) is 235 cm³/mol. The Labute approximate surface area is 325 Å². The van der Waals surface area contributed by atoms with E-state index in [2.05, 4.69) is 211 Å². The molecule has 1 heteroatoms. The van der Waals surface area contributed by atoms with Gasteiger partial charge in [-0.1, -0.05) is 176 Å². The molecule has 0 fully saturated rings. The maximum absolute atomic E-state index is 2.53. The molecular formula is C54H47N. The fourth-order valence-electron chi connectivity index (χ4n) is 9.97. The second-order valence-corrected chi connectivity index (χ2v) is 17.8.